The molecule has 0 bridgehead atoms. The van der Waals surface area contributed by atoms with E-state index in [1.807, 2.05) is 0 Å². The Balaban J connectivity index is 2.29. The van der Waals surface area contributed by atoms with Crippen molar-refractivity contribution in [1.29, 1.82) is 0 Å². The molecule has 92 valence electrons. The molecule has 1 amide bonds. The normalized spacial score (nSPS) is 11.0. The second-order valence-corrected chi connectivity index (χ2v) is 3.80. The number of carbonyl (C=O) groups is 1. The van der Waals surface area contributed by atoms with E-state index in [2.05, 4.69) is 28.1 Å². The van der Waals surface area contributed by atoms with E-state index in [0.717, 1.165) is 0 Å². The molecule has 0 saturated heterocycles. The highest BCUT2D eigenvalue weighted by Crippen LogP contribution is 1.98. The van der Waals surface area contributed by atoms with Gasteiger partial charge < -0.3 is 15.5 Å². The second-order valence-electron chi connectivity index (χ2n) is 3.36. The number of hydrazone groups is 1. The van der Waals surface area contributed by atoms with Gasteiger partial charge in [-0.15, -0.1) is 0 Å². The van der Waals surface area contributed by atoms with Crippen LogP contribution in [-0.2, 0) is 11.3 Å². The van der Waals surface area contributed by atoms with Crippen molar-refractivity contribution >= 4 is 28.9 Å². The van der Waals surface area contributed by atoms with Gasteiger partial charge >= 0.3 is 0 Å². The third kappa shape index (κ3) is 5.67. The molecule has 17 heavy (non-hydrogen) atoms. The number of rotatable bonds is 5. The Morgan fingerprint density at radius 1 is 1.65 bits per heavy atom. The van der Waals surface area contributed by atoms with Crippen LogP contribution in [0.25, 0.3) is 0 Å². The van der Waals surface area contributed by atoms with Gasteiger partial charge in [-0.1, -0.05) is 0 Å². The first-order valence-corrected chi connectivity index (χ1v) is 5.36. The lowest BCUT2D eigenvalue weighted by Gasteiger charge is -2.03. The van der Waals surface area contributed by atoms with Crippen molar-refractivity contribution in [2.75, 3.05) is 0 Å². The summed E-state index contributed by atoms with van der Waals surface area (Å²) < 4.78 is 5.08. The lowest BCUT2D eigenvalue weighted by Crippen LogP contribution is -2.28. The summed E-state index contributed by atoms with van der Waals surface area (Å²) in [6.07, 6.45) is 1.73. The number of carbonyl (C=O) groups excluding carboxylic acids is 1. The minimum Gasteiger partial charge on any atom is -0.467 e. The van der Waals surface area contributed by atoms with Gasteiger partial charge in [0.25, 0.3) is 0 Å². The molecule has 4 N–H and O–H groups in total. The van der Waals surface area contributed by atoms with Crippen LogP contribution in [0.5, 0.6) is 0 Å². The molecule has 1 rings (SSSR count). The summed E-state index contributed by atoms with van der Waals surface area (Å²) in [5.74, 6) is 0.557. The van der Waals surface area contributed by atoms with Crippen molar-refractivity contribution in [3.63, 3.8) is 0 Å². The summed E-state index contributed by atoms with van der Waals surface area (Å²) in [7, 11) is 0. The third-order valence-electron chi connectivity index (χ3n) is 1.81. The fourth-order valence-corrected chi connectivity index (χ4v) is 1.13. The molecule has 1 aromatic heterocycles. The Morgan fingerprint density at radius 2 is 2.41 bits per heavy atom. The number of amides is 1. The van der Waals surface area contributed by atoms with E-state index in [1.165, 1.54) is 0 Å². The van der Waals surface area contributed by atoms with Crippen LogP contribution in [0.1, 0.15) is 19.1 Å². The van der Waals surface area contributed by atoms with E-state index in [-0.39, 0.29) is 17.4 Å². The molecule has 0 saturated carbocycles. The van der Waals surface area contributed by atoms with Crippen molar-refractivity contribution in [3.05, 3.63) is 24.2 Å². The molecule has 0 spiro atoms. The van der Waals surface area contributed by atoms with Gasteiger partial charge in [-0.05, 0) is 31.3 Å². The van der Waals surface area contributed by atoms with Gasteiger partial charge in [-0.3, -0.25) is 10.2 Å². The highest BCUT2D eigenvalue weighted by Gasteiger charge is 2.04. The van der Waals surface area contributed by atoms with Crippen molar-refractivity contribution in [3.8, 4) is 0 Å². The van der Waals surface area contributed by atoms with Crippen LogP contribution in [0.3, 0.4) is 0 Å². The number of furan rings is 1. The van der Waals surface area contributed by atoms with E-state index in [1.54, 1.807) is 25.3 Å². The first kappa shape index (κ1) is 13.2. The molecule has 0 fully saturated rings. The van der Waals surface area contributed by atoms with E-state index < -0.39 is 0 Å². The fraction of sp³-hybridized carbons (Fsp3) is 0.300. The average Bonchev–Trinajstić information content (AvgIpc) is 2.76. The van der Waals surface area contributed by atoms with Gasteiger partial charge in [0.2, 0.25) is 5.91 Å². The van der Waals surface area contributed by atoms with Crippen LogP contribution < -0.4 is 16.5 Å². The molecule has 0 atom stereocenters. The van der Waals surface area contributed by atoms with Crippen molar-refractivity contribution < 1.29 is 9.21 Å². The molecule has 0 radical (unpaired) electrons. The second kappa shape index (κ2) is 6.64. The molecule has 0 aromatic carbocycles. The van der Waals surface area contributed by atoms with Crippen LogP contribution in [0.4, 0.5) is 0 Å². The first-order valence-electron chi connectivity index (χ1n) is 4.95. The smallest absolute Gasteiger partial charge is 0.226 e. The zero-order chi connectivity index (χ0) is 12.7. The van der Waals surface area contributed by atoms with E-state index >= 15 is 0 Å². The molecular weight excluding hydrogens is 240 g/mol. The molecule has 0 aliphatic heterocycles. The molecule has 1 heterocycles. The summed E-state index contributed by atoms with van der Waals surface area (Å²) in [6.45, 7) is 2.07. The maximum Gasteiger partial charge on any atom is 0.226 e. The highest BCUT2D eigenvalue weighted by atomic mass is 32.1. The quantitative estimate of drug-likeness (QED) is 0.404. The third-order valence-corrected chi connectivity index (χ3v) is 1.90. The topological polar surface area (TPSA) is 92.6 Å². The maximum atomic E-state index is 11.5. The fourth-order valence-electron chi connectivity index (χ4n) is 1.08. The molecule has 6 nitrogen and oxygen atoms in total. The summed E-state index contributed by atoms with van der Waals surface area (Å²) in [5.41, 5.74) is 8.21. The summed E-state index contributed by atoms with van der Waals surface area (Å²) >= 11 is 4.58. The number of hydrogen-bond acceptors (Lipinski definition) is 4. The van der Waals surface area contributed by atoms with Gasteiger partial charge in [0, 0.05) is 5.71 Å². The standard InChI is InChI=1S/C10H14N4O2S/c1-7(13-14-10(11)17)5-9(15)12-6-8-3-2-4-16-8/h2-4H,5-6H2,1H3,(H,12,15)(H3,11,14,17)/b13-7+. The average molecular weight is 254 g/mol. The Bertz CT molecular complexity index is 414. The Kier molecular flexibility index (Phi) is 5.15. The van der Waals surface area contributed by atoms with Gasteiger partial charge in [0.15, 0.2) is 5.11 Å². The van der Waals surface area contributed by atoms with Crippen LogP contribution >= 0.6 is 12.2 Å². The number of nitrogens with zero attached hydrogens (tertiary/aromatic N) is 1. The van der Waals surface area contributed by atoms with Crippen molar-refractivity contribution in [2.24, 2.45) is 10.8 Å². The van der Waals surface area contributed by atoms with E-state index in [0.29, 0.717) is 18.0 Å². The molecular formula is C10H14N4O2S. The van der Waals surface area contributed by atoms with Gasteiger partial charge in [0.05, 0.1) is 19.2 Å². The van der Waals surface area contributed by atoms with Crippen molar-refractivity contribution in [1.82, 2.24) is 10.7 Å². The van der Waals surface area contributed by atoms with Crippen LogP contribution in [0.2, 0.25) is 0 Å². The summed E-state index contributed by atoms with van der Waals surface area (Å²) in [4.78, 5) is 11.5. The Labute approximate surface area is 104 Å². The Morgan fingerprint density at radius 3 is 3.00 bits per heavy atom. The minimum absolute atomic E-state index is 0.0698. The molecule has 0 aliphatic rings. The van der Waals surface area contributed by atoms with Gasteiger partial charge in [-0.25, -0.2) is 0 Å². The molecule has 0 unspecified atom stereocenters. The lowest BCUT2D eigenvalue weighted by molar-refractivity contribution is -0.120. The predicted octanol–water partition coefficient (Wildman–Crippen LogP) is 0.495. The van der Waals surface area contributed by atoms with Crippen LogP contribution in [0, 0.1) is 0 Å². The Hall–Kier alpha value is -1.89. The molecule has 1 aromatic rings. The summed E-state index contributed by atoms with van der Waals surface area (Å²) in [6, 6.07) is 3.55. The number of nitrogens with two attached hydrogens (primary N) is 1. The minimum atomic E-state index is -0.146. The largest absolute Gasteiger partial charge is 0.467 e. The zero-order valence-corrected chi connectivity index (χ0v) is 10.2. The van der Waals surface area contributed by atoms with Crippen LogP contribution in [-0.4, -0.2) is 16.7 Å². The van der Waals surface area contributed by atoms with Gasteiger partial charge in [-0.2, -0.15) is 5.10 Å². The first-order chi connectivity index (χ1) is 8.08. The van der Waals surface area contributed by atoms with E-state index in [9.17, 15) is 4.79 Å². The van der Waals surface area contributed by atoms with Gasteiger partial charge in [0.1, 0.15) is 5.76 Å². The highest BCUT2D eigenvalue weighted by molar-refractivity contribution is 7.80. The monoisotopic (exact) mass is 254 g/mol. The number of hydrogen-bond donors (Lipinski definition) is 3. The van der Waals surface area contributed by atoms with Crippen molar-refractivity contribution in [2.45, 2.75) is 19.9 Å². The lowest BCUT2D eigenvalue weighted by atomic mass is 10.3. The maximum absolute atomic E-state index is 11.5. The SMILES string of the molecule is C/C(CC(=O)NCc1ccco1)=N\NC(N)=S. The predicted molar refractivity (Wildman–Crippen MR) is 68.2 cm³/mol. The van der Waals surface area contributed by atoms with Crippen LogP contribution in [0.15, 0.2) is 27.9 Å². The summed E-state index contributed by atoms with van der Waals surface area (Å²) in [5, 5.41) is 6.59. The number of thiocarbonyl (C=S) groups is 1. The zero-order valence-electron chi connectivity index (χ0n) is 9.40. The number of nitrogens with one attached hydrogen (secondary N) is 2. The molecule has 0 aliphatic carbocycles. The van der Waals surface area contributed by atoms with E-state index in [4.69, 9.17) is 10.2 Å². The molecule has 7 heteroatoms.